The summed E-state index contributed by atoms with van der Waals surface area (Å²) in [7, 11) is 0. The van der Waals surface area contributed by atoms with Gasteiger partial charge in [-0.3, -0.25) is 0 Å². The van der Waals surface area contributed by atoms with Crippen molar-refractivity contribution < 1.29 is 4.74 Å². The molecule has 0 aliphatic rings. The van der Waals surface area contributed by atoms with E-state index in [4.69, 9.17) is 4.74 Å². The van der Waals surface area contributed by atoms with Crippen LogP contribution in [0, 0.1) is 0 Å². The van der Waals surface area contributed by atoms with Gasteiger partial charge in [-0.1, -0.05) is 43.7 Å². The van der Waals surface area contributed by atoms with E-state index in [1.165, 1.54) is 5.56 Å². The van der Waals surface area contributed by atoms with Gasteiger partial charge in [0.1, 0.15) is 5.76 Å². The summed E-state index contributed by atoms with van der Waals surface area (Å²) in [5.41, 5.74) is 1.17. The Morgan fingerprint density at radius 1 is 1.21 bits per heavy atom. The van der Waals surface area contributed by atoms with Crippen LogP contribution >= 0.6 is 0 Å². The molecule has 1 aromatic carbocycles. The van der Waals surface area contributed by atoms with Crippen molar-refractivity contribution in [3.63, 3.8) is 0 Å². The molecule has 1 nitrogen and oxygen atoms in total. The smallest absolute Gasteiger partial charge is 0.122 e. The van der Waals surface area contributed by atoms with Gasteiger partial charge in [0.25, 0.3) is 0 Å². The lowest BCUT2D eigenvalue weighted by Gasteiger charge is -2.08. The first-order valence-corrected chi connectivity index (χ1v) is 5.26. The summed E-state index contributed by atoms with van der Waals surface area (Å²) in [4.78, 5) is 0. The van der Waals surface area contributed by atoms with Crippen LogP contribution in [0.25, 0.3) is 5.76 Å². The molecule has 0 aliphatic heterocycles. The SMILES string of the molecule is CCCC=C(OCC)c1ccccc1. The normalized spacial score (nSPS) is 11.4. The highest BCUT2D eigenvalue weighted by Crippen LogP contribution is 2.16. The fraction of sp³-hybridized carbons (Fsp3) is 0.385. The quantitative estimate of drug-likeness (QED) is 0.640. The molecule has 0 radical (unpaired) electrons. The van der Waals surface area contributed by atoms with Crippen LogP contribution in [-0.4, -0.2) is 6.61 Å². The Hall–Kier alpha value is -1.24. The number of ether oxygens (including phenoxy) is 1. The van der Waals surface area contributed by atoms with Gasteiger partial charge < -0.3 is 4.74 Å². The van der Waals surface area contributed by atoms with Gasteiger partial charge in [-0.2, -0.15) is 0 Å². The number of allylic oxidation sites excluding steroid dienone is 1. The van der Waals surface area contributed by atoms with Crippen LogP contribution in [0.5, 0.6) is 0 Å². The Balaban J connectivity index is 2.77. The van der Waals surface area contributed by atoms with Crippen LogP contribution in [0.1, 0.15) is 32.3 Å². The minimum Gasteiger partial charge on any atom is -0.494 e. The predicted octanol–water partition coefficient (Wildman–Crippen LogP) is 3.86. The van der Waals surface area contributed by atoms with E-state index in [2.05, 4.69) is 25.1 Å². The lowest BCUT2D eigenvalue weighted by molar-refractivity contribution is 0.297. The van der Waals surface area contributed by atoms with Crippen LogP contribution in [-0.2, 0) is 4.74 Å². The highest BCUT2D eigenvalue weighted by atomic mass is 16.5. The van der Waals surface area contributed by atoms with Crippen LogP contribution < -0.4 is 0 Å². The Morgan fingerprint density at radius 2 is 1.93 bits per heavy atom. The summed E-state index contributed by atoms with van der Waals surface area (Å²) < 4.78 is 5.59. The minimum absolute atomic E-state index is 0.727. The van der Waals surface area contributed by atoms with E-state index in [0.717, 1.165) is 25.2 Å². The number of hydrogen-bond donors (Lipinski definition) is 0. The van der Waals surface area contributed by atoms with Gasteiger partial charge in [-0.25, -0.2) is 0 Å². The van der Waals surface area contributed by atoms with E-state index in [9.17, 15) is 0 Å². The van der Waals surface area contributed by atoms with Crippen molar-refractivity contribution in [2.75, 3.05) is 6.61 Å². The van der Waals surface area contributed by atoms with E-state index in [-0.39, 0.29) is 0 Å². The fourth-order valence-corrected chi connectivity index (χ4v) is 1.29. The molecule has 0 unspecified atom stereocenters. The number of rotatable bonds is 5. The third-order valence-electron chi connectivity index (χ3n) is 1.98. The molecule has 1 rings (SSSR count). The summed E-state index contributed by atoms with van der Waals surface area (Å²) in [5.74, 6) is 1.01. The lowest BCUT2D eigenvalue weighted by Crippen LogP contribution is -1.91. The van der Waals surface area contributed by atoms with Crippen molar-refractivity contribution in [3.8, 4) is 0 Å². The van der Waals surface area contributed by atoms with Crippen molar-refractivity contribution in [2.24, 2.45) is 0 Å². The Bertz CT molecular complexity index is 275. The Morgan fingerprint density at radius 3 is 2.50 bits per heavy atom. The zero-order valence-corrected chi connectivity index (χ0v) is 8.99. The molecule has 0 atom stereocenters. The maximum atomic E-state index is 5.59. The van der Waals surface area contributed by atoms with Gasteiger partial charge in [-0.05, 0) is 19.4 Å². The first kappa shape index (κ1) is 10.8. The van der Waals surface area contributed by atoms with E-state index >= 15 is 0 Å². The molecule has 0 aromatic heterocycles. The third kappa shape index (κ3) is 3.25. The van der Waals surface area contributed by atoms with Crippen molar-refractivity contribution in [1.82, 2.24) is 0 Å². The summed E-state index contributed by atoms with van der Waals surface area (Å²) in [6.45, 7) is 4.91. The second-order valence-electron chi connectivity index (χ2n) is 3.16. The Labute approximate surface area is 86.4 Å². The van der Waals surface area contributed by atoms with E-state index in [1.807, 2.05) is 25.1 Å². The summed E-state index contributed by atoms with van der Waals surface area (Å²) >= 11 is 0. The fourth-order valence-electron chi connectivity index (χ4n) is 1.29. The highest BCUT2D eigenvalue weighted by molar-refractivity contribution is 5.59. The van der Waals surface area contributed by atoms with Gasteiger partial charge in [-0.15, -0.1) is 0 Å². The van der Waals surface area contributed by atoms with Crippen LogP contribution in [0.3, 0.4) is 0 Å². The second-order valence-corrected chi connectivity index (χ2v) is 3.16. The van der Waals surface area contributed by atoms with Gasteiger partial charge in [0.05, 0.1) is 6.61 Å². The molecular weight excluding hydrogens is 172 g/mol. The average Bonchev–Trinajstić information content (AvgIpc) is 2.25. The molecule has 1 aromatic rings. The molecule has 0 amide bonds. The molecule has 1 heteroatoms. The third-order valence-corrected chi connectivity index (χ3v) is 1.98. The number of hydrogen-bond acceptors (Lipinski definition) is 1. The Kier molecular flexibility index (Phi) is 4.84. The molecule has 0 aliphatic carbocycles. The van der Waals surface area contributed by atoms with E-state index in [0.29, 0.717) is 0 Å². The number of benzene rings is 1. The molecule has 0 saturated heterocycles. The topological polar surface area (TPSA) is 9.23 Å². The molecule has 0 N–H and O–H groups in total. The van der Waals surface area contributed by atoms with Crippen molar-refractivity contribution in [3.05, 3.63) is 42.0 Å². The van der Waals surface area contributed by atoms with Crippen LogP contribution in [0.15, 0.2) is 36.4 Å². The maximum Gasteiger partial charge on any atom is 0.122 e. The monoisotopic (exact) mass is 190 g/mol. The zero-order chi connectivity index (χ0) is 10.2. The lowest BCUT2D eigenvalue weighted by atomic mass is 10.1. The van der Waals surface area contributed by atoms with Gasteiger partial charge in [0.2, 0.25) is 0 Å². The standard InChI is InChI=1S/C13H18O/c1-3-5-11-13(14-4-2)12-9-7-6-8-10-12/h6-11H,3-5H2,1-2H3. The molecule has 0 heterocycles. The van der Waals surface area contributed by atoms with Gasteiger partial charge >= 0.3 is 0 Å². The summed E-state index contributed by atoms with van der Waals surface area (Å²) in [5, 5.41) is 0. The molecular formula is C13H18O. The van der Waals surface area contributed by atoms with E-state index < -0.39 is 0 Å². The van der Waals surface area contributed by atoms with Crippen molar-refractivity contribution in [2.45, 2.75) is 26.7 Å². The van der Waals surface area contributed by atoms with Crippen LogP contribution in [0.4, 0.5) is 0 Å². The zero-order valence-electron chi connectivity index (χ0n) is 8.99. The van der Waals surface area contributed by atoms with Gasteiger partial charge in [0.15, 0.2) is 0 Å². The molecule has 0 saturated carbocycles. The molecule has 0 bridgehead atoms. The number of unbranched alkanes of at least 4 members (excludes halogenated alkanes) is 1. The average molecular weight is 190 g/mol. The highest BCUT2D eigenvalue weighted by Gasteiger charge is 1.99. The molecule has 76 valence electrons. The van der Waals surface area contributed by atoms with Crippen molar-refractivity contribution >= 4 is 5.76 Å². The first-order chi connectivity index (χ1) is 6.88. The molecule has 14 heavy (non-hydrogen) atoms. The minimum atomic E-state index is 0.727. The van der Waals surface area contributed by atoms with E-state index in [1.54, 1.807) is 0 Å². The maximum absolute atomic E-state index is 5.59. The predicted molar refractivity (Wildman–Crippen MR) is 61.0 cm³/mol. The molecule has 0 fully saturated rings. The van der Waals surface area contributed by atoms with Gasteiger partial charge in [0, 0.05) is 5.56 Å². The van der Waals surface area contributed by atoms with Crippen molar-refractivity contribution in [1.29, 1.82) is 0 Å². The summed E-state index contributed by atoms with van der Waals surface area (Å²) in [6.07, 6.45) is 4.40. The van der Waals surface area contributed by atoms with Crippen LogP contribution in [0.2, 0.25) is 0 Å². The largest absolute Gasteiger partial charge is 0.494 e. The summed E-state index contributed by atoms with van der Waals surface area (Å²) in [6, 6.07) is 10.3. The molecule has 0 spiro atoms. The second kappa shape index (κ2) is 6.25. The first-order valence-electron chi connectivity index (χ1n) is 5.26.